The van der Waals surface area contributed by atoms with Gasteiger partial charge in [-0.1, -0.05) is 37.6 Å². The number of hydrogen-bond donors (Lipinski definition) is 0. The van der Waals surface area contributed by atoms with E-state index in [4.69, 9.17) is 11.6 Å². The van der Waals surface area contributed by atoms with Crippen LogP contribution < -0.4 is 0 Å². The fourth-order valence-corrected chi connectivity index (χ4v) is 4.16. The van der Waals surface area contributed by atoms with E-state index in [1.165, 1.54) is 0 Å². The average molecular weight is 387 g/mol. The van der Waals surface area contributed by atoms with E-state index in [9.17, 15) is 13.6 Å². The second kappa shape index (κ2) is 9.14. The van der Waals surface area contributed by atoms with Crippen LogP contribution in [-0.4, -0.2) is 54.9 Å². The van der Waals surface area contributed by atoms with Crippen LogP contribution >= 0.6 is 11.6 Å². The quantitative estimate of drug-likeness (QED) is 0.684. The van der Waals surface area contributed by atoms with Gasteiger partial charge in [-0.2, -0.15) is 0 Å². The Labute approximate surface area is 160 Å². The Morgan fingerprint density at radius 3 is 2.23 bits per heavy atom. The van der Waals surface area contributed by atoms with Crippen molar-refractivity contribution in [1.29, 1.82) is 0 Å². The first kappa shape index (κ1) is 21.1. The van der Waals surface area contributed by atoms with Gasteiger partial charge in [0.25, 0.3) is 6.43 Å². The normalized spacial score (nSPS) is 16.5. The molecule has 1 saturated heterocycles. The lowest BCUT2D eigenvalue weighted by atomic mass is 9.74. The summed E-state index contributed by atoms with van der Waals surface area (Å²) in [6.45, 7) is 5.11. The van der Waals surface area contributed by atoms with Gasteiger partial charge in [-0.05, 0) is 50.4 Å². The van der Waals surface area contributed by atoms with Gasteiger partial charge in [0.05, 0.1) is 12.0 Å². The van der Waals surface area contributed by atoms with Crippen molar-refractivity contribution in [2.24, 2.45) is 0 Å². The summed E-state index contributed by atoms with van der Waals surface area (Å²) in [4.78, 5) is 17.0. The molecule has 2 rings (SSSR count). The van der Waals surface area contributed by atoms with Crippen LogP contribution in [-0.2, 0) is 10.2 Å². The first-order chi connectivity index (χ1) is 12.3. The second-order valence-corrected chi connectivity index (χ2v) is 7.59. The lowest BCUT2D eigenvalue weighted by molar-refractivity contribution is -0.139. The Kier molecular flexibility index (Phi) is 7.42. The summed E-state index contributed by atoms with van der Waals surface area (Å²) in [5, 5.41) is 0.658. The number of likely N-dealkylation sites (tertiary alicyclic amines) is 1. The minimum absolute atomic E-state index is 0.112. The first-order valence-corrected chi connectivity index (χ1v) is 9.75. The molecule has 0 saturated carbocycles. The van der Waals surface area contributed by atoms with Crippen LogP contribution in [0, 0.1) is 0 Å². The maximum Gasteiger partial charge on any atom is 0.251 e. The van der Waals surface area contributed by atoms with E-state index < -0.39 is 11.8 Å². The third kappa shape index (κ3) is 4.55. The highest BCUT2D eigenvalue weighted by molar-refractivity contribution is 6.30. The van der Waals surface area contributed by atoms with Crippen molar-refractivity contribution < 1.29 is 13.6 Å². The molecule has 0 N–H and O–H groups in total. The molecule has 0 radical (unpaired) electrons. The Balaban J connectivity index is 2.10. The smallest absolute Gasteiger partial charge is 0.251 e. The minimum Gasteiger partial charge on any atom is -0.342 e. The number of piperidine rings is 1. The van der Waals surface area contributed by atoms with Crippen LogP contribution in [0.3, 0.4) is 0 Å². The van der Waals surface area contributed by atoms with Gasteiger partial charge in [-0.25, -0.2) is 8.78 Å². The molecule has 1 aromatic carbocycles. The zero-order chi connectivity index (χ0) is 19.3. The van der Waals surface area contributed by atoms with E-state index in [1.807, 2.05) is 43.0 Å². The molecule has 0 bridgehead atoms. The van der Waals surface area contributed by atoms with Crippen LogP contribution in [0.1, 0.15) is 45.1 Å². The van der Waals surface area contributed by atoms with Gasteiger partial charge in [-0.3, -0.25) is 9.69 Å². The lowest BCUT2D eigenvalue weighted by Gasteiger charge is -2.41. The molecular weight excluding hydrogens is 358 g/mol. The number of carbonyl (C=O) groups excluding carboxylic acids is 1. The van der Waals surface area contributed by atoms with E-state index in [2.05, 4.69) is 0 Å². The van der Waals surface area contributed by atoms with E-state index in [-0.39, 0.29) is 18.5 Å². The van der Waals surface area contributed by atoms with Gasteiger partial charge >= 0.3 is 0 Å². The van der Waals surface area contributed by atoms with Crippen LogP contribution in [0.4, 0.5) is 8.78 Å². The highest BCUT2D eigenvalue weighted by Crippen LogP contribution is 2.35. The van der Waals surface area contributed by atoms with Gasteiger partial charge < -0.3 is 4.90 Å². The molecule has 0 unspecified atom stereocenters. The minimum atomic E-state index is -2.32. The molecule has 3 nitrogen and oxygen atoms in total. The molecule has 0 spiro atoms. The predicted octanol–water partition coefficient (Wildman–Crippen LogP) is 4.59. The van der Waals surface area contributed by atoms with Crippen LogP contribution in [0.15, 0.2) is 24.3 Å². The molecule has 26 heavy (non-hydrogen) atoms. The number of amides is 1. The highest BCUT2D eigenvalue weighted by atomic mass is 35.5. The average Bonchev–Trinajstić information content (AvgIpc) is 2.64. The molecular formula is C20H29ClF2N2O. The SMILES string of the molecule is CCC(CC)(C(=O)N1CCC(N(C)CC(F)F)CC1)c1ccc(Cl)cc1. The molecule has 0 aromatic heterocycles. The molecule has 1 heterocycles. The van der Waals surface area contributed by atoms with Crippen molar-refractivity contribution in [3.8, 4) is 0 Å². The van der Waals surface area contributed by atoms with E-state index >= 15 is 0 Å². The number of rotatable bonds is 7. The summed E-state index contributed by atoms with van der Waals surface area (Å²) < 4.78 is 25.2. The first-order valence-electron chi connectivity index (χ1n) is 9.37. The maximum atomic E-state index is 13.4. The summed E-state index contributed by atoms with van der Waals surface area (Å²) in [5.74, 6) is 0.139. The van der Waals surface area contributed by atoms with Crippen LogP contribution in [0.25, 0.3) is 0 Å². The molecule has 0 aliphatic carbocycles. The van der Waals surface area contributed by atoms with Crippen LogP contribution in [0.2, 0.25) is 5.02 Å². The fraction of sp³-hybridized carbons (Fsp3) is 0.650. The second-order valence-electron chi connectivity index (χ2n) is 7.15. The van der Waals surface area contributed by atoms with Crippen LogP contribution in [0.5, 0.6) is 0 Å². The Morgan fingerprint density at radius 1 is 1.23 bits per heavy atom. The maximum absolute atomic E-state index is 13.4. The van der Waals surface area contributed by atoms with Crippen molar-refractivity contribution in [3.05, 3.63) is 34.9 Å². The Bertz CT molecular complexity index is 582. The highest BCUT2D eigenvalue weighted by Gasteiger charge is 2.41. The molecule has 1 aliphatic heterocycles. The van der Waals surface area contributed by atoms with Crippen molar-refractivity contribution in [2.45, 2.75) is 57.4 Å². The van der Waals surface area contributed by atoms with Gasteiger partial charge in [0.2, 0.25) is 5.91 Å². The van der Waals surface area contributed by atoms with Gasteiger partial charge in [0.15, 0.2) is 0 Å². The monoisotopic (exact) mass is 386 g/mol. The molecule has 1 amide bonds. The number of carbonyl (C=O) groups is 1. The summed E-state index contributed by atoms with van der Waals surface area (Å²) in [7, 11) is 1.74. The van der Waals surface area contributed by atoms with E-state index in [0.717, 1.165) is 31.2 Å². The molecule has 0 atom stereocenters. The van der Waals surface area contributed by atoms with E-state index in [0.29, 0.717) is 18.1 Å². The van der Waals surface area contributed by atoms with Crippen molar-refractivity contribution in [1.82, 2.24) is 9.80 Å². The molecule has 1 aliphatic rings. The number of hydrogen-bond acceptors (Lipinski definition) is 2. The number of benzene rings is 1. The topological polar surface area (TPSA) is 23.6 Å². The third-order valence-corrected chi connectivity index (χ3v) is 6.07. The summed E-state index contributed by atoms with van der Waals surface area (Å²) in [6.07, 6.45) is 0.583. The predicted molar refractivity (Wildman–Crippen MR) is 102 cm³/mol. The summed E-state index contributed by atoms with van der Waals surface area (Å²) in [6, 6.07) is 7.65. The summed E-state index contributed by atoms with van der Waals surface area (Å²) >= 11 is 6.00. The number of alkyl halides is 2. The van der Waals surface area contributed by atoms with Crippen molar-refractivity contribution >= 4 is 17.5 Å². The molecule has 146 valence electrons. The number of halogens is 3. The molecule has 1 aromatic rings. The number of nitrogens with zero attached hydrogens (tertiary/aromatic N) is 2. The third-order valence-electron chi connectivity index (χ3n) is 5.81. The van der Waals surface area contributed by atoms with Crippen molar-refractivity contribution in [3.63, 3.8) is 0 Å². The zero-order valence-corrected chi connectivity index (χ0v) is 16.6. The largest absolute Gasteiger partial charge is 0.342 e. The fourth-order valence-electron chi connectivity index (χ4n) is 4.03. The molecule has 6 heteroatoms. The van der Waals surface area contributed by atoms with E-state index in [1.54, 1.807) is 11.9 Å². The summed E-state index contributed by atoms with van der Waals surface area (Å²) in [5.41, 5.74) is 0.445. The standard InChI is InChI=1S/C20H29ClF2N2O/c1-4-20(5-2,15-6-8-16(21)9-7-15)19(26)25-12-10-17(11-13-25)24(3)14-18(22)23/h6-9,17-18H,4-5,10-14H2,1-3H3. The Morgan fingerprint density at radius 2 is 1.77 bits per heavy atom. The van der Waals surface area contributed by atoms with Crippen molar-refractivity contribution in [2.75, 3.05) is 26.7 Å². The molecule has 1 fully saturated rings. The lowest BCUT2D eigenvalue weighted by Crippen LogP contribution is -2.52. The Hall–Kier alpha value is -1.20. The van der Waals surface area contributed by atoms with Gasteiger partial charge in [0, 0.05) is 24.2 Å². The van der Waals surface area contributed by atoms with Gasteiger partial charge in [-0.15, -0.1) is 0 Å². The van der Waals surface area contributed by atoms with Gasteiger partial charge in [0.1, 0.15) is 0 Å². The zero-order valence-electron chi connectivity index (χ0n) is 15.9.